The first-order chi connectivity index (χ1) is 13.2. The molecule has 2 aromatic rings. The maximum absolute atomic E-state index is 12.4. The van der Waals surface area contributed by atoms with E-state index in [2.05, 4.69) is 4.72 Å². The van der Waals surface area contributed by atoms with Crippen molar-refractivity contribution in [1.29, 1.82) is 0 Å². The summed E-state index contributed by atoms with van der Waals surface area (Å²) >= 11 is 0. The SMILES string of the molecule is COc1ccc(OC(=O)c2ccc(S(=O)(=O)NC3CCS(=O)(=O)C3)cc2)cc1. The Hall–Kier alpha value is -2.43. The van der Waals surface area contributed by atoms with Gasteiger partial charge in [-0.05, 0) is 55.0 Å². The minimum atomic E-state index is -3.88. The van der Waals surface area contributed by atoms with Gasteiger partial charge in [0, 0.05) is 6.04 Å². The maximum Gasteiger partial charge on any atom is 0.343 e. The number of hydrogen-bond donors (Lipinski definition) is 1. The fourth-order valence-corrected chi connectivity index (χ4v) is 5.80. The second-order valence-corrected chi connectivity index (χ2v) is 10.3. The predicted octanol–water partition coefficient (Wildman–Crippen LogP) is 1.38. The van der Waals surface area contributed by atoms with Crippen LogP contribution in [0.25, 0.3) is 0 Å². The molecule has 28 heavy (non-hydrogen) atoms. The van der Waals surface area contributed by atoms with Gasteiger partial charge < -0.3 is 9.47 Å². The van der Waals surface area contributed by atoms with Crippen molar-refractivity contribution in [3.8, 4) is 11.5 Å². The molecule has 1 aliphatic rings. The van der Waals surface area contributed by atoms with Crippen LogP contribution in [0.5, 0.6) is 11.5 Å². The number of rotatable bonds is 6. The average Bonchev–Trinajstić information content (AvgIpc) is 3.00. The van der Waals surface area contributed by atoms with Crippen LogP contribution in [0.2, 0.25) is 0 Å². The van der Waals surface area contributed by atoms with E-state index in [1.54, 1.807) is 24.3 Å². The lowest BCUT2D eigenvalue weighted by Crippen LogP contribution is -2.35. The molecule has 2 aromatic carbocycles. The van der Waals surface area contributed by atoms with Gasteiger partial charge in [-0.25, -0.2) is 26.4 Å². The van der Waals surface area contributed by atoms with Crippen LogP contribution in [0.1, 0.15) is 16.8 Å². The van der Waals surface area contributed by atoms with E-state index in [1.807, 2.05) is 0 Å². The highest BCUT2D eigenvalue weighted by Gasteiger charge is 2.31. The van der Waals surface area contributed by atoms with E-state index in [0.29, 0.717) is 11.5 Å². The van der Waals surface area contributed by atoms with Crippen molar-refractivity contribution >= 4 is 25.8 Å². The Balaban J connectivity index is 1.67. The molecular formula is C18H19NO7S2. The molecule has 1 unspecified atom stereocenters. The summed E-state index contributed by atoms with van der Waals surface area (Å²) < 4.78 is 60.4. The summed E-state index contributed by atoms with van der Waals surface area (Å²) in [6.45, 7) is 0. The molecule has 0 aliphatic carbocycles. The van der Waals surface area contributed by atoms with Gasteiger partial charge in [0.05, 0.1) is 29.1 Å². The molecule has 0 saturated carbocycles. The molecule has 1 heterocycles. The van der Waals surface area contributed by atoms with E-state index in [9.17, 15) is 21.6 Å². The van der Waals surface area contributed by atoms with Crippen molar-refractivity contribution in [2.75, 3.05) is 18.6 Å². The molecule has 1 saturated heterocycles. The smallest absolute Gasteiger partial charge is 0.343 e. The standard InChI is InChI=1S/C18H19NO7S2/c1-25-15-4-6-16(7-5-15)26-18(20)13-2-8-17(9-3-13)28(23,24)19-14-10-11-27(21,22)12-14/h2-9,14,19H,10-12H2,1H3. The fourth-order valence-electron chi connectivity index (χ4n) is 2.76. The molecule has 0 bridgehead atoms. The van der Waals surface area contributed by atoms with Gasteiger partial charge in [-0.1, -0.05) is 0 Å². The second kappa shape index (κ2) is 7.90. The average molecular weight is 425 g/mol. The Bertz CT molecular complexity index is 1060. The Morgan fingerprint density at radius 3 is 2.18 bits per heavy atom. The van der Waals surface area contributed by atoms with Crippen LogP contribution in [-0.4, -0.2) is 47.5 Å². The molecule has 8 nitrogen and oxygen atoms in total. The topological polar surface area (TPSA) is 116 Å². The summed E-state index contributed by atoms with van der Waals surface area (Å²) in [4.78, 5) is 12.1. The molecule has 10 heteroatoms. The molecule has 1 fully saturated rings. The third kappa shape index (κ3) is 4.89. The lowest BCUT2D eigenvalue weighted by Gasteiger charge is -2.12. The van der Waals surface area contributed by atoms with E-state index < -0.39 is 31.9 Å². The van der Waals surface area contributed by atoms with Crippen molar-refractivity contribution in [2.24, 2.45) is 0 Å². The number of methoxy groups -OCH3 is 1. The fraction of sp³-hybridized carbons (Fsp3) is 0.278. The Kier molecular flexibility index (Phi) is 5.73. The van der Waals surface area contributed by atoms with Crippen molar-refractivity contribution in [2.45, 2.75) is 17.4 Å². The van der Waals surface area contributed by atoms with Crippen LogP contribution in [0.3, 0.4) is 0 Å². The van der Waals surface area contributed by atoms with Gasteiger partial charge in [-0.3, -0.25) is 0 Å². The normalized spacial score (nSPS) is 18.5. The van der Waals surface area contributed by atoms with E-state index in [4.69, 9.17) is 9.47 Å². The number of esters is 1. The monoisotopic (exact) mass is 425 g/mol. The van der Waals surface area contributed by atoms with Gasteiger partial charge in [-0.15, -0.1) is 0 Å². The van der Waals surface area contributed by atoms with Gasteiger partial charge in [0.2, 0.25) is 10.0 Å². The quantitative estimate of drug-likeness (QED) is 0.549. The second-order valence-electron chi connectivity index (χ2n) is 6.31. The minimum absolute atomic E-state index is 0.0314. The van der Waals surface area contributed by atoms with Gasteiger partial charge in [0.25, 0.3) is 0 Å². The van der Waals surface area contributed by atoms with Gasteiger partial charge in [0.1, 0.15) is 11.5 Å². The van der Waals surface area contributed by atoms with Crippen LogP contribution < -0.4 is 14.2 Å². The van der Waals surface area contributed by atoms with Crippen LogP contribution in [0.4, 0.5) is 0 Å². The summed E-state index contributed by atoms with van der Waals surface area (Å²) in [5, 5.41) is 0. The summed E-state index contributed by atoms with van der Waals surface area (Å²) in [7, 11) is -5.56. The molecular weight excluding hydrogens is 406 g/mol. The van der Waals surface area contributed by atoms with E-state index in [-0.39, 0.29) is 28.4 Å². The number of nitrogens with one attached hydrogen (secondary N) is 1. The number of hydrogen-bond acceptors (Lipinski definition) is 7. The number of benzene rings is 2. The van der Waals surface area contributed by atoms with E-state index in [0.717, 1.165) is 0 Å². The number of carbonyl (C=O) groups excluding carboxylic acids is 1. The number of sulfone groups is 1. The summed E-state index contributed by atoms with van der Waals surface area (Å²) in [6, 6.07) is 11.0. The van der Waals surface area contributed by atoms with Crippen molar-refractivity contribution in [3.63, 3.8) is 0 Å². The lowest BCUT2D eigenvalue weighted by molar-refractivity contribution is 0.0734. The van der Waals surface area contributed by atoms with Crippen LogP contribution in [0.15, 0.2) is 53.4 Å². The molecule has 1 atom stereocenters. The third-order valence-electron chi connectivity index (χ3n) is 4.22. The Morgan fingerprint density at radius 1 is 1.04 bits per heavy atom. The summed E-state index contributed by atoms with van der Waals surface area (Å²) in [6.07, 6.45) is 0.244. The maximum atomic E-state index is 12.4. The zero-order valence-electron chi connectivity index (χ0n) is 15.0. The molecule has 0 aromatic heterocycles. The molecule has 1 N–H and O–H groups in total. The number of ether oxygens (including phenoxy) is 2. The first-order valence-electron chi connectivity index (χ1n) is 8.37. The zero-order chi connectivity index (χ0) is 20.4. The zero-order valence-corrected chi connectivity index (χ0v) is 16.6. The highest BCUT2D eigenvalue weighted by atomic mass is 32.2. The molecule has 3 rings (SSSR count). The van der Waals surface area contributed by atoms with Gasteiger partial charge in [0.15, 0.2) is 9.84 Å². The van der Waals surface area contributed by atoms with Gasteiger partial charge in [-0.2, -0.15) is 0 Å². The summed E-state index contributed by atoms with van der Waals surface area (Å²) in [5.74, 6) is 0.0712. The Labute approximate surface area is 163 Å². The first-order valence-corrected chi connectivity index (χ1v) is 11.7. The highest BCUT2D eigenvalue weighted by Crippen LogP contribution is 2.20. The number of sulfonamides is 1. The highest BCUT2D eigenvalue weighted by molar-refractivity contribution is 7.92. The lowest BCUT2D eigenvalue weighted by atomic mass is 10.2. The minimum Gasteiger partial charge on any atom is -0.497 e. The predicted molar refractivity (Wildman–Crippen MR) is 102 cm³/mol. The van der Waals surface area contributed by atoms with Crippen molar-refractivity contribution in [1.82, 2.24) is 4.72 Å². The first kappa shape index (κ1) is 20.3. The largest absolute Gasteiger partial charge is 0.497 e. The van der Waals surface area contributed by atoms with Crippen LogP contribution >= 0.6 is 0 Å². The van der Waals surface area contributed by atoms with Crippen molar-refractivity contribution < 1.29 is 31.1 Å². The van der Waals surface area contributed by atoms with Gasteiger partial charge >= 0.3 is 5.97 Å². The molecule has 0 radical (unpaired) electrons. The molecule has 1 aliphatic heterocycles. The molecule has 150 valence electrons. The van der Waals surface area contributed by atoms with Crippen LogP contribution in [-0.2, 0) is 19.9 Å². The molecule has 0 amide bonds. The van der Waals surface area contributed by atoms with E-state index >= 15 is 0 Å². The van der Waals surface area contributed by atoms with Crippen LogP contribution in [0, 0.1) is 0 Å². The molecule has 0 spiro atoms. The van der Waals surface area contributed by atoms with E-state index in [1.165, 1.54) is 31.4 Å². The number of carbonyl (C=O) groups is 1. The van der Waals surface area contributed by atoms with Crippen molar-refractivity contribution in [3.05, 3.63) is 54.1 Å². The Morgan fingerprint density at radius 2 is 1.64 bits per heavy atom. The third-order valence-corrected chi connectivity index (χ3v) is 7.53. The summed E-state index contributed by atoms with van der Waals surface area (Å²) in [5.41, 5.74) is 0.179.